The molecule has 0 aromatic heterocycles. The zero-order chi connectivity index (χ0) is 11.0. The lowest BCUT2D eigenvalue weighted by atomic mass is 9.79. The van der Waals surface area contributed by atoms with Crippen molar-refractivity contribution in [2.45, 2.75) is 26.2 Å². The fourth-order valence-electron chi connectivity index (χ4n) is 1.79. The lowest BCUT2D eigenvalue weighted by molar-refractivity contribution is 0.0850. The van der Waals surface area contributed by atoms with Crippen LogP contribution in [0.25, 0.3) is 0 Å². The second-order valence-corrected chi connectivity index (χ2v) is 4.95. The maximum atomic E-state index is 13.7. The number of hydrogen-bond donors (Lipinski definition) is 0. The number of benzene rings is 1. The molecule has 0 amide bonds. The first-order valence-electron chi connectivity index (χ1n) is 5.09. The molecule has 1 aliphatic rings. The van der Waals surface area contributed by atoms with Crippen LogP contribution in [0.4, 0.5) is 4.39 Å². The Labute approximate surface area is 96.8 Å². The van der Waals surface area contributed by atoms with E-state index in [1.807, 2.05) is 6.92 Å². The van der Waals surface area contributed by atoms with Gasteiger partial charge in [0.05, 0.1) is 10.0 Å². The largest absolute Gasteiger partial charge is 0.294 e. The molecule has 80 valence electrons. The Kier molecular flexibility index (Phi) is 2.91. The van der Waals surface area contributed by atoms with Crippen molar-refractivity contribution in [2.75, 3.05) is 0 Å². The van der Waals surface area contributed by atoms with Gasteiger partial charge in [0.2, 0.25) is 0 Å². The van der Waals surface area contributed by atoms with Crippen LogP contribution in [0.3, 0.4) is 0 Å². The number of Topliss-reactive ketones (excluding diaryl/α,β-unsaturated/α-hetero) is 1. The predicted molar refractivity (Wildman–Crippen MR) is 60.5 cm³/mol. The maximum absolute atomic E-state index is 13.7. The van der Waals surface area contributed by atoms with Gasteiger partial charge < -0.3 is 0 Å². The van der Waals surface area contributed by atoms with E-state index in [0.29, 0.717) is 4.47 Å². The molecule has 0 saturated heterocycles. The minimum Gasteiger partial charge on any atom is -0.294 e. The lowest BCUT2D eigenvalue weighted by Crippen LogP contribution is -2.23. The average molecular weight is 271 g/mol. The molecule has 1 nitrogen and oxygen atoms in total. The number of rotatable bonds is 2. The molecule has 1 aromatic rings. The van der Waals surface area contributed by atoms with Crippen LogP contribution < -0.4 is 0 Å². The van der Waals surface area contributed by atoms with E-state index < -0.39 is 5.82 Å². The molecule has 1 fully saturated rings. The second kappa shape index (κ2) is 4.05. The third-order valence-electron chi connectivity index (χ3n) is 2.91. The van der Waals surface area contributed by atoms with Gasteiger partial charge in [0.1, 0.15) is 5.82 Å². The number of carbonyl (C=O) groups excluding carboxylic acids is 1. The SMILES string of the molecule is Cc1cc(Br)c(F)c(C(=O)C2CCC2)c1. The zero-order valence-corrected chi connectivity index (χ0v) is 10.1. The highest BCUT2D eigenvalue weighted by atomic mass is 79.9. The van der Waals surface area contributed by atoms with Gasteiger partial charge in [-0.15, -0.1) is 0 Å². The highest BCUT2D eigenvalue weighted by molar-refractivity contribution is 9.10. The molecule has 0 atom stereocenters. The van der Waals surface area contributed by atoms with Crippen molar-refractivity contribution in [1.82, 2.24) is 0 Å². The van der Waals surface area contributed by atoms with Crippen LogP contribution >= 0.6 is 15.9 Å². The molecule has 2 rings (SSSR count). The smallest absolute Gasteiger partial charge is 0.168 e. The summed E-state index contributed by atoms with van der Waals surface area (Å²) < 4.78 is 14.1. The summed E-state index contributed by atoms with van der Waals surface area (Å²) >= 11 is 3.13. The molecule has 0 spiro atoms. The summed E-state index contributed by atoms with van der Waals surface area (Å²) in [7, 11) is 0. The Hall–Kier alpha value is -0.700. The van der Waals surface area contributed by atoms with E-state index in [9.17, 15) is 9.18 Å². The highest BCUT2D eigenvalue weighted by Crippen LogP contribution is 2.32. The van der Waals surface area contributed by atoms with Crippen LogP contribution in [0, 0.1) is 18.7 Å². The van der Waals surface area contributed by atoms with E-state index in [2.05, 4.69) is 15.9 Å². The fourth-order valence-corrected chi connectivity index (χ4v) is 2.37. The molecule has 1 aromatic carbocycles. The number of aryl methyl sites for hydroxylation is 1. The van der Waals surface area contributed by atoms with Gasteiger partial charge >= 0.3 is 0 Å². The van der Waals surface area contributed by atoms with Crippen molar-refractivity contribution in [3.05, 3.63) is 33.5 Å². The van der Waals surface area contributed by atoms with Gasteiger partial charge in [-0.3, -0.25) is 4.79 Å². The molecule has 3 heteroatoms. The Morgan fingerprint density at radius 1 is 1.47 bits per heavy atom. The van der Waals surface area contributed by atoms with Gasteiger partial charge in [-0.1, -0.05) is 6.42 Å². The molecular formula is C12H12BrFO. The van der Waals surface area contributed by atoms with Crippen molar-refractivity contribution in [1.29, 1.82) is 0 Å². The molecule has 0 radical (unpaired) electrons. The van der Waals surface area contributed by atoms with Crippen LogP contribution in [-0.2, 0) is 0 Å². The van der Waals surface area contributed by atoms with Gasteiger partial charge in [0, 0.05) is 5.92 Å². The van der Waals surface area contributed by atoms with Gasteiger partial charge in [-0.05, 0) is 53.4 Å². The Morgan fingerprint density at radius 3 is 2.67 bits per heavy atom. The first kappa shape index (κ1) is 10.8. The van der Waals surface area contributed by atoms with E-state index >= 15 is 0 Å². The monoisotopic (exact) mass is 270 g/mol. The first-order chi connectivity index (χ1) is 7.09. The van der Waals surface area contributed by atoms with Crippen molar-refractivity contribution in [2.24, 2.45) is 5.92 Å². The molecule has 1 aliphatic carbocycles. The van der Waals surface area contributed by atoms with Crippen molar-refractivity contribution < 1.29 is 9.18 Å². The number of halogens is 2. The van der Waals surface area contributed by atoms with Crippen LogP contribution in [0.1, 0.15) is 35.2 Å². The molecule has 0 aliphatic heterocycles. The first-order valence-corrected chi connectivity index (χ1v) is 5.88. The lowest BCUT2D eigenvalue weighted by Gasteiger charge is -2.24. The molecule has 15 heavy (non-hydrogen) atoms. The number of hydrogen-bond acceptors (Lipinski definition) is 1. The molecule has 1 saturated carbocycles. The van der Waals surface area contributed by atoms with Gasteiger partial charge in [0.25, 0.3) is 0 Å². The molecule has 0 unspecified atom stereocenters. The van der Waals surface area contributed by atoms with Crippen LogP contribution in [0.2, 0.25) is 0 Å². The summed E-state index contributed by atoms with van der Waals surface area (Å²) in [5, 5.41) is 0. The van der Waals surface area contributed by atoms with E-state index in [1.54, 1.807) is 12.1 Å². The van der Waals surface area contributed by atoms with E-state index in [-0.39, 0.29) is 17.3 Å². The van der Waals surface area contributed by atoms with Crippen LogP contribution in [-0.4, -0.2) is 5.78 Å². The minimum absolute atomic E-state index is 0.0387. The second-order valence-electron chi connectivity index (χ2n) is 4.10. The Balaban J connectivity index is 2.38. The summed E-state index contributed by atoms with van der Waals surface area (Å²) in [6.45, 7) is 1.86. The maximum Gasteiger partial charge on any atom is 0.168 e. The summed E-state index contributed by atoms with van der Waals surface area (Å²) in [5.41, 5.74) is 1.15. The van der Waals surface area contributed by atoms with Crippen molar-refractivity contribution in [3.8, 4) is 0 Å². The minimum atomic E-state index is -0.419. The normalized spacial score (nSPS) is 16.2. The summed E-state index contributed by atoms with van der Waals surface area (Å²) in [5.74, 6) is -0.408. The van der Waals surface area contributed by atoms with Crippen LogP contribution in [0.5, 0.6) is 0 Å². The molecule has 0 heterocycles. The Morgan fingerprint density at radius 2 is 2.13 bits per heavy atom. The average Bonchev–Trinajstić information content (AvgIpc) is 2.08. The molecule has 0 bridgehead atoms. The summed E-state index contributed by atoms with van der Waals surface area (Å²) in [6.07, 6.45) is 2.90. The zero-order valence-electron chi connectivity index (χ0n) is 8.52. The Bertz CT molecular complexity index is 410. The highest BCUT2D eigenvalue weighted by Gasteiger charge is 2.28. The van der Waals surface area contributed by atoms with E-state index in [0.717, 1.165) is 24.8 Å². The van der Waals surface area contributed by atoms with Gasteiger partial charge in [-0.2, -0.15) is 0 Å². The fraction of sp³-hybridized carbons (Fsp3) is 0.417. The molecular weight excluding hydrogens is 259 g/mol. The van der Waals surface area contributed by atoms with E-state index in [1.165, 1.54) is 0 Å². The summed E-state index contributed by atoms with van der Waals surface area (Å²) in [4.78, 5) is 11.9. The number of carbonyl (C=O) groups is 1. The molecule has 0 N–H and O–H groups in total. The van der Waals surface area contributed by atoms with Gasteiger partial charge in [0.15, 0.2) is 5.78 Å². The number of ketones is 1. The van der Waals surface area contributed by atoms with Crippen LogP contribution in [0.15, 0.2) is 16.6 Å². The summed E-state index contributed by atoms with van der Waals surface area (Å²) in [6, 6.07) is 3.33. The third-order valence-corrected chi connectivity index (χ3v) is 3.49. The van der Waals surface area contributed by atoms with Crippen molar-refractivity contribution in [3.63, 3.8) is 0 Å². The topological polar surface area (TPSA) is 17.1 Å². The third kappa shape index (κ3) is 1.98. The van der Waals surface area contributed by atoms with Gasteiger partial charge in [-0.25, -0.2) is 4.39 Å². The van der Waals surface area contributed by atoms with E-state index in [4.69, 9.17) is 0 Å². The quantitative estimate of drug-likeness (QED) is 0.746. The standard InChI is InChI=1S/C12H12BrFO/c1-7-5-9(11(14)10(13)6-7)12(15)8-3-2-4-8/h5-6,8H,2-4H2,1H3. The predicted octanol–water partition coefficient (Wildman–Crippen LogP) is 3.88. The van der Waals surface area contributed by atoms with Crippen molar-refractivity contribution >= 4 is 21.7 Å².